The fourth-order valence-corrected chi connectivity index (χ4v) is 6.80. The standard InChI is InChI=1S/C23H45N3O/c1-20(2)12-9-14-24(7)22(20,5)19-17-18(27)11-16-26(19)23(6)21(3,4)13-10-15-25(23)8/h18-19,27H,9-17H2,1-8H3. The van der Waals surface area contributed by atoms with Gasteiger partial charge in [-0.2, -0.15) is 0 Å². The molecule has 3 fully saturated rings. The summed E-state index contributed by atoms with van der Waals surface area (Å²) in [6, 6.07) is 0.367. The Labute approximate surface area is 168 Å². The van der Waals surface area contributed by atoms with Crippen LogP contribution in [0.5, 0.6) is 0 Å². The second-order valence-corrected chi connectivity index (χ2v) is 11.4. The highest BCUT2D eigenvalue weighted by Crippen LogP contribution is 2.53. The van der Waals surface area contributed by atoms with Gasteiger partial charge in [0.15, 0.2) is 0 Å². The predicted octanol–water partition coefficient (Wildman–Crippen LogP) is 3.79. The van der Waals surface area contributed by atoms with Gasteiger partial charge >= 0.3 is 0 Å². The average Bonchev–Trinajstić information content (AvgIpc) is 2.57. The van der Waals surface area contributed by atoms with Gasteiger partial charge in [-0.3, -0.25) is 14.7 Å². The molecule has 0 saturated carbocycles. The first-order valence-corrected chi connectivity index (χ1v) is 11.3. The van der Waals surface area contributed by atoms with E-state index in [1.54, 1.807) is 0 Å². The molecule has 3 aliphatic rings. The average molecular weight is 380 g/mol. The second-order valence-electron chi connectivity index (χ2n) is 11.4. The van der Waals surface area contributed by atoms with Crippen LogP contribution in [0.2, 0.25) is 0 Å². The van der Waals surface area contributed by atoms with Crippen LogP contribution in [-0.2, 0) is 0 Å². The van der Waals surface area contributed by atoms with Crippen LogP contribution >= 0.6 is 0 Å². The van der Waals surface area contributed by atoms with E-state index in [-0.39, 0.29) is 28.1 Å². The zero-order valence-corrected chi connectivity index (χ0v) is 19.3. The van der Waals surface area contributed by atoms with Crippen molar-refractivity contribution in [1.82, 2.24) is 14.7 Å². The van der Waals surface area contributed by atoms with Gasteiger partial charge in [-0.25, -0.2) is 0 Å². The van der Waals surface area contributed by atoms with Gasteiger partial charge in [0.25, 0.3) is 0 Å². The molecule has 0 aromatic heterocycles. The Morgan fingerprint density at radius 3 is 1.89 bits per heavy atom. The Morgan fingerprint density at radius 1 is 0.778 bits per heavy atom. The molecule has 4 nitrogen and oxygen atoms in total. The van der Waals surface area contributed by atoms with Crippen molar-refractivity contribution in [2.24, 2.45) is 10.8 Å². The first-order valence-electron chi connectivity index (χ1n) is 11.3. The topological polar surface area (TPSA) is 30.0 Å². The molecule has 0 radical (unpaired) electrons. The van der Waals surface area contributed by atoms with Crippen molar-refractivity contribution in [3.05, 3.63) is 0 Å². The van der Waals surface area contributed by atoms with Crippen LogP contribution in [0.15, 0.2) is 0 Å². The molecule has 0 aliphatic carbocycles. The van der Waals surface area contributed by atoms with Crippen molar-refractivity contribution in [2.45, 2.75) is 103 Å². The third-order valence-electron chi connectivity index (χ3n) is 9.56. The molecule has 0 aromatic rings. The van der Waals surface area contributed by atoms with E-state index in [4.69, 9.17) is 0 Å². The molecular weight excluding hydrogens is 334 g/mol. The molecule has 0 spiro atoms. The molecule has 3 aliphatic heterocycles. The van der Waals surface area contributed by atoms with E-state index in [1.807, 2.05) is 0 Å². The molecule has 4 atom stereocenters. The Balaban J connectivity index is 2.08. The van der Waals surface area contributed by atoms with E-state index in [0.29, 0.717) is 6.04 Å². The summed E-state index contributed by atoms with van der Waals surface area (Å²) >= 11 is 0. The van der Waals surface area contributed by atoms with Crippen molar-refractivity contribution in [3.63, 3.8) is 0 Å². The minimum atomic E-state index is -0.171. The molecule has 0 aromatic carbocycles. The van der Waals surface area contributed by atoms with Crippen LogP contribution in [0.4, 0.5) is 0 Å². The molecule has 158 valence electrons. The van der Waals surface area contributed by atoms with Crippen molar-refractivity contribution < 1.29 is 5.11 Å². The van der Waals surface area contributed by atoms with Gasteiger partial charge in [-0.05, 0) is 90.4 Å². The quantitative estimate of drug-likeness (QED) is 0.791. The molecule has 1 N–H and O–H groups in total. The SMILES string of the molecule is CN1CCCC(C)(C)C1(C)C1CC(O)CCN1C1(C)N(C)CCCC1(C)C. The molecule has 4 unspecified atom stereocenters. The van der Waals surface area contributed by atoms with Gasteiger partial charge in [0.05, 0.1) is 11.8 Å². The van der Waals surface area contributed by atoms with Crippen LogP contribution in [0.1, 0.15) is 80.1 Å². The summed E-state index contributed by atoms with van der Waals surface area (Å²) < 4.78 is 0. The minimum Gasteiger partial charge on any atom is -0.393 e. The van der Waals surface area contributed by atoms with Gasteiger partial charge in [0, 0.05) is 18.1 Å². The van der Waals surface area contributed by atoms with E-state index < -0.39 is 0 Å². The highest BCUT2D eigenvalue weighted by atomic mass is 16.3. The zero-order valence-electron chi connectivity index (χ0n) is 19.3. The Bertz CT molecular complexity index is 548. The number of rotatable bonds is 2. The molecule has 3 saturated heterocycles. The van der Waals surface area contributed by atoms with E-state index in [0.717, 1.165) is 25.9 Å². The predicted molar refractivity (Wildman–Crippen MR) is 114 cm³/mol. The van der Waals surface area contributed by atoms with Gasteiger partial charge in [-0.15, -0.1) is 0 Å². The van der Waals surface area contributed by atoms with Crippen molar-refractivity contribution in [3.8, 4) is 0 Å². The number of likely N-dealkylation sites (tertiary alicyclic amines) is 3. The summed E-state index contributed by atoms with van der Waals surface area (Å²) in [5.41, 5.74) is 0.541. The summed E-state index contributed by atoms with van der Waals surface area (Å²) in [7, 11) is 4.64. The van der Waals surface area contributed by atoms with Crippen molar-refractivity contribution >= 4 is 0 Å². The highest BCUT2D eigenvalue weighted by Gasteiger charge is 2.60. The number of nitrogens with zero attached hydrogens (tertiary/aromatic N) is 3. The monoisotopic (exact) mass is 379 g/mol. The maximum Gasteiger partial charge on any atom is 0.0761 e. The summed E-state index contributed by atoms with van der Waals surface area (Å²) in [5, 5.41) is 10.7. The summed E-state index contributed by atoms with van der Waals surface area (Å²) in [6.45, 7) is 18.1. The molecule has 4 heteroatoms. The summed E-state index contributed by atoms with van der Waals surface area (Å²) in [4.78, 5) is 8.05. The number of likely N-dealkylation sites (N-methyl/N-ethyl adjacent to an activating group) is 1. The second kappa shape index (κ2) is 6.97. The maximum atomic E-state index is 10.7. The lowest BCUT2D eigenvalue weighted by Gasteiger charge is -2.68. The van der Waals surface area contributed by atoms with Gasteiger partial charge < -0.3 is 5.11 Å². The van der Waals surface area contributed by atoms with Crippen molar-refractivity contribution in [1.29, 1.82) is 0 Å². The number of hydrogen-bond donors (Lipinski definition) is 1. The largest absolute Gasteiger partial charge is 0.393 e. The zero-order chi connectivity index (χ0) is 20.3. The van der Waals surface area contributed by atoms with Crippen molar-refractivity contribution in [2.75, 3.05) is 33.7 Å². The van der Waals surface area contributed by atoms with Crippen LogP contribution in [0.3, 0.4) is 0 Å². The number of aliphatic hydroxyl groups is 1. The number of hydrogen-bond acceptors (Lipinski definition) is 4. The molecule has 3 heterocycles. The normalized spacial score (nSPS) is 44.3. The summed E-state index contributed by atoms with van der Waals surface area (Å²) in [5.74, 6) is 0. The van der Waals surface area contributed by atoms with Gasteiger partial charge in [0.1, 0.15) is 0 Å². The summed E-state index contributed by atoms with van der Waals surface area (Å²) in [6.07, 6.45) is 6.72. The molecule has 0 amide bonds. The van der Waals surface area contributed by atoms with E-state index in [9.17, 15) is 5.11 Å². The fourth-order valence-electron chi connectivity index (χ4n) is 6.80. The van der Waals surface area contributed by atoms with Gasteiger partial charge in [-0.1, -0.05) is 27.7 Å². The minimum absolute atomic E-state index is 0.0213. The number of piperidine rings is 3. The van der Waals surface area contributed by atoms with E-state index in [2.05, 4.69) is 70.3 Å². The Hall–Kier alpha value is -0.160. The third kappa shape index (κ3) is 3.10. The van der Waals surface area contributed by atoms with Crippen LogP contribution in [0.25, 0.3) is 0 Å². The molecular formula is C23H45N3O. The lowest BCUT2D eigenvalue weighted by molar-refractivity contribution is -0.210. The third-order valence-corrected chi connectivity index (χ3v) is 9.56. The number of aliphatic hydroxyl groups excluding tert-OH is 1. The van der Waals surface area contributed by atoms with Crippen LogP contribution in [-0.4, -0.2) is 76.9 Å². The molecule has 27 heavy (non-hydrogen) atoms. The molecule has 0 bridgehead atoms. The highest BCUT2D eigenvalue weighted by molar-refractivity contribution is 5.14. The van der Waals surface area contributed by atoms with Gasteiger partial charge in [0.2, 0.25) is 0 Å². The maximum absolute atomic E-state index is 10.7. The first kappa shape index (κ1) is 21.5. The van der Waals surface area contributed by atoms with Crippen LogP contribution < -0.4 is 0 Å². The lowest BCUT2D eigenvalue weighted by atomic mass is 9.60. The smallest absolute Gasteiger partial charge is 0.0761 e. The lowest BCUT2D eigenvalue weighted by Crippen LogP contribution is -2.77. The van der Waals surface area contributed by atoms with E-state index >= 15 is 0 Å². The Kier molecular flexibility index (Phi) is 5.56. The van der Waals surface area contributed by atoms with Crippen LogP contribution in [0, 0.1) is 10.8 Å². The first-order chi connectivity index (χ1) is 12.4. The molecule has 3 rings (SSSR count). The fraction of sp³-hybridized carbons (Fsp3) is 1.00. The van der Waals surface area contributed by atoms with E-state index in [1.165, 1.54) is 32.2 Å². The Morgan fingerprint density at radius 2 is 1.33 bits per heavy atom.